The smallest absolute Gasteiger partial charge is 0.221 e. The van der Waals surface area contributed by atoms with E-state index in [1.807, 2.05) is 12.1 Å². The maximum atomic E-state index is 10.6. The van der Waals surface area contributed by atoms with Crippen molar-refractivity contribution in [1.29, 1.82) is 0 Å². The van der Waals surface area contributed by atoms with Gasteiger partial charge in [-0.15, -0.1) is 0 Å². The maximum absolute atomic E-state index is 10.6. The molecule has 4 heteroatoms. The lowest BCUT2D eigenvalue weighted by molar-refractivity contribution is -0.114. The fraction of sp³-hybridized carbons (Fsp3) is 0.143. The van der Waals surface area contributed by atoms with Gasteiger partial charge in [0.1, 0.15) is 3.70 Å². The number of rotatable bonds is 1. The van der Waals surface area contributed by atoms with Crippen molar-refractivity contribution in [2.24, 2.45) is 0 Å². The summed E-state index contributed by atoms with van der Waals surface area (Å²) in [5.74, 6) is -0.0759. The van der Waals surface area contributed by atoms with Crippen molar-refractivity contribution in [2.75, 3.05) is 5.32 Å². The normalized spacial score (nSPS) is 9.27. The number of nitrogens with one attached hydrogen (secondary N) is 1. The molecule has 11 heavy (non-hydrogen) atoms. The summed E-state index contributed by atoms with van der Waals surface area (Å²) >= 11 is 2.11. The van der Waals surface area contributed by atoms with Gasteiger partial charge in [-0.1, -0.05) is 0 Å². The van der Waals surface area contributed by atoms with Gasteiger partial charge in [0.05, 0.1) is 11.9 Å². The van der Waals surface area contributed by atoms with E-state index in [0.29, 0.717) is 0 Å². The third kappa shape index (κ3) is 2.83. The molecule has 1 amide bonds. The van der Waals surface area contributed by atoms with Gasteiger partial charge in [-0.2, -0.15) is 0 Å². The monoisotopic (exact) mass is 262 g/mol. The third-order valence-electron chi connectivity index (χ3n) is 1.05. The Hall–Kier alpha value is -0.650. The molecule has 0 aliphatic rings. The molecule has 0 aliphatic carbocycles. The van der Waals surface area contributed by atoms with Crippen molar-refractivity contribution in [2.45, 2.75) is 6.92 Å². The van der Waals surface area contributed by atoms with E-state index >= 15 is 0 Å². The number of carbonyl (C=O) groups excluding carboxylic acids is 1. The summed E-state index contributed by atoms with van der Waals surface area (Å²) in [6.07, 6.45) is 1.63. The van der Waals surface area contributed by atoms with Crippen molar-refractivity contribution in [3.8, 4) is 0 Å². The van der Waals surface area contributed by atoms with Crippen LogP contribution >= 0.6 is 22.6 Å². The zero-order valence-corrected chi connectivity index (χ0v) is 8.12. The van der Waals surface area contributed by atoms with Crippen molar-refractivity contribution >= 4 is 34.2 Å². The lowest BCUT2D eigenvalue weighted by atomic mass is 10.4. The Kier molecular flexibility index (Phi) is 2.81. The van der Waals surface area contributed by atoms with E-state index in [1.165, 1.54) is 6.92 Å². The first-order valence-electron chi connectivity index (χ1n) is 3.07. The van der Waals surface area contributed by atoms with E-state index in [2.05, 4.69) is 32.9 Å². The molecule has 58 valence electrons. The van der Waals surface area contributed by atoms with Gasteiger partial charge in [-0.3, -0.25) is 4.79 Å². The molecule has 0 spiro atoms. The molecule has 0 fully saturated rings. The molecule has 1 aromatic heterocycles. The lowest BCUT2D eigenvalue weighted by Crippen LogP contribution is -2.05. The summed E-state index contributed by atoms with van der Waals surface area (Å²) in [7, 11) is 0. The molecule has 0 unspecified atom stereocenters. The quantitative estimate of drug-likeness (QED) is 0.617. The van der Waals surface area contributed by atoms with E-state index in [9.17, 15) is 4.79 Å². The molecule has 0 atom stereocenters. The zero-order valence-electron chi connectivity index (χ0n) is 5.97. The Labute approximate surface area is 78.4 Å². The summed E-state index contributed by atoms with van der Waals surface area (Å²) in [4.78, 5) is 14.6. The Morgan fingerprint density at radius 3 is 2.82 bits per heavy atom. The molecule has 1 aromatic rings. The molecule has 0 radical (unpaired) electrons. The lowest BCUT2D eigenvalue weighted by Gasteiger charge is -1.99. The highest BCUT2D eigenvalue weighted by Crippen LogP contribution is 2.06. The van der Waals surface area contributed by atoms with Crippen LogP contribution in [0.4, 0.5) is 5.69 Å². The second-order valence-electron chi connectivity index (χ2n) is 2.05. The number of nitrogens with zero attached hydrogens (tertiary/aromatic N) is 1. The van der Waals surface area contributed by atoms with E-state index in [4.69, 9.17) is 0 Å². The van der Waals surface area contributed by atoms with Gasteiger partial charge >= 0.3 is 0 Å². The molecular formula is C7H7IN2O. The van der Waals surface area contributed by atoms with Crippen molar-refractivity contribution in [3.63, 3.8) is 0 Å². The summed E-state index contributed by atoms with van der Waals surface area (Å²) < 4.78 is 0.914. The van der Waals surface area contributed by atoms with Crippen LogP contribution in [0.2, 0.25) is 0 Å². The van der Waals surface area contributed by atoms with Crippen LogP contribution in [0.3, 0.4) is 0 Å². The van der Waals surface area contributed by atoms with Gasteiger partial charge in [-0.25, -0.2) is 4.98 Å². The number of hydrogen-bond donors (Lipinski definition) is 1. The third-order valence-corrected chi connectivity index (χ3v) is 1.69. The Balaban J connectivity index is 2.74. The van der Waals surface area contributed by atoms with Crippen molar-refractivity contribution in [1.82, 2.24) is 4.98 Å². The topological polar surface area (TPSA) is 42.0 Å². The summed E-state index contributed by atoms with van der Waals surface area (Å²) in [6, 6.07) is 3.65. The molecule has 0 aromatic carbocycles. The minimum atomic E-state index is -0.0759. The molecule has 0 saturated carbocycles. The van der Waals surface area contributed by atoms with E-state index in [-0.39, 0.29) is 5.91 Å². The average molecular weight is 262 g/mol. The number of amides is 1. The Morgan fingerprint density at radius 1 is 1.64 bits per heavy atom. The summed E-state index contributed by atoms with van der Waals surface area (Å²) in [5, 5.41) is 2.63. The summed E-state index contributed by atoms with van der Waals surface area (Å²) in [6.45, 7) is 1.47. The molecule has 0 saturated heterocycles. The number of aromatic nitrogens is 1. The van der Waals surface area contributed by atoms with E-state index in [1.54, 1.807) is 6.20 Å². The fourth-order valence-corrected chi connectivity index (χ4v) is 0.972. The number of halogens is 1. The van der Waals surface area contributed by atoms with Gasteiger partial charge in [0, 0.05) is 6.92 Å². The molecule has 1 heterocycles. The minimum absolute atomic E-state index is 0.0759. The summed E-state index contributed by atoms with van der Waals surface area (Å²) in [5.41, 5.74) is 0.734. The van der Waals surface area contributed by atoms with Gasteiger partial charge in [0.15, 0.2) is 0 Å². The van der Waals surface area contributed by atoms with Crippen LogP contribution in [0.25, 0.3) is 0 Å². The van der Waals surface area contributed by atoms with Crippen molar-refractivity contribution < 1.29 is 4.79 Å². The zero-order chi connectivity index (χ0) is 8.27. The van der Waals surface area contributed by atoms with E-state index < -0.39 is 0 Å². The second-order valence-corrected chi connectivity index (χ2v) is 3.16. The minimum Gasteiger partial charge on any atom is -0.325 e. The first-order valence-corrected chi connectivity index (χ1v) is 4.15. The second kappa shape index (κ2) is 3.66. The number of pyridine rings is 1. The van der Waals surface area contributed by atoms with Crippen LogP contribution in [-0.2, 0) is 4.79 Å². The molecule has 0 bridgehead atoms. The Bertz CT molecular complexity index is 258. The number of anilines is 1. The van der Waals surface area contributed by atoms with Crippen LogP contribution in [0, 0.1) is 3.70 Å². The molecule has 1 rings (SSSR count). The van der Waals surface area contributed by atoms with Gasteiger partial charge < -0.3 is 5.32 Å². The van der Waals surface area contributed by atoms with Crippen LogP contribution in [0.1, 0.15) is 6.92 Å². The first kappa shape index (κ1) is 8.45. The van der Waals surface area contributed by atoms with Crippen LogP contribution in [0.15, 0.2) is 18.3 Å². The van der Waals surface area contributed by atoms with Gasteiger partial charge in [-0.05, 0) is 34.7 Å². The van der Waals surface area contributed by atoms with E-state index in [0.717, 1.165) is 9.39 Å². The number of carbonyl (C=O) groups is 1. The SMILES string of the molecule is CC(=O)Nc1ccc(I)nc1. The fourth-order valence-electron chi connectivity index (χ4n) is 0.653. The Morgan fingerprint density at radius 2 is 2.36 bits per heavy atom. The van der Waals surface area contributed by atoms with Gasteiger partial charge in [0.25, 0.3) is 0 Å². The number of hydrogen-bond acceptors (Lipinski definition) is 2. The highest BCUT2D eigenvalue weighted by molar-refractivity contribution is 14.1. The molecular weight excluding hydrogens is 255 g/mol. The average Bonchev–Trinajstić information content (AvgIpc) is 1.93. The molecule has 1 N–H and O–H groups in total. The van der Waals surface area contributed by atoms with Crippen molar-refractivity contribution in [3.05, 3.63) is 22.0 Å². The largest absolute Gasteiger partial charge is 0.325 e. The highest BCUT2D eigenvalue weighted by Gasteiger charge is 1.93. The highest BCUT2D eigenvalue weighted by atomic mass is 127. The maximum Gasteiger partial charge on any atom is 0.221 e. The predicted molar refractivity (Wildman–Crippen MR) is 51.3 cm³/mol. The molecule has 0 aliphatic heterocycles. The first-order chi connectivity index (χ1) is 5.18. The predicted octanol–water partition coefficient (Wildman–Crippen LogP) is 1.64. The standard InChI is InChI=1S/C7H7IN2O/c1-5(11)10-6-2-3-7(8)9-4-6/h2-4H,1H3,(H,10,11). The van der Waals surface area contributed by atoms with Gasteiger partial charge in [0.2, 0.25) is 5.91 Å². The van der Waals surface area contributed by atoms with Crippen LogP contribution in [-0.4, -0.2) is 10.9 Å². The van der Waals surface area contributed by atoms with Crippen LogP contribution in [0.5, 0.6) is 0 Å². The van der Waals surface area contributed by atoms with Crippen LogP contribution < -0.4 is 5.32 Å². The molecule has 3 nitrogen and oxygen atoms in total.